The van der Waals surface area contributed by atoms with Crippen LogP contribution in [0.5, 0.6) is 0 Å². The summed E-state index contributed by atoms with van der Waals surface area (Å²) in [5.74, 6) is 0. The van der Waals surface area contributed by atoms with Gasteiger partial charge in [0.05, 0.1) is 11.4 Å². The first-order valence-electron chi connectivity index (χ1n) is 2.33. The van der Waals surface area contributed by atoms with Crippen LogP contribution in [0, 0.1) is 10.8 Å². The maximum absolute atomic E-state index is 7.03. The van der Waals surface area contributed by atoms with Crippen LogP contribution in [0.15, 0.2) is 24.3 Å². The fourth-order valence-corrected chi connectivity index (χ4v) is 0.483. The van der Waals surface area contributed by atoms with Gasteiger partial charge in [0.1, 0.15) is 0 Å². The third kappa shape index (κ3) is 0.729. The summed E-state index contributed by atoms with van der Waals surface area (Å²) >= 11 is 0. The van der Waals surface area contributed by atoms with Gasteiger partial charge in [0, 0.05) is 0 Å². The molecule has 0 fully saturated rings. The van der Waals surface area contributed by atoms with Crippen molar-refractivity contribution < 1.29 is 0 Å². The number of nitrogens with one attached hydrogen (secondary N) is 2. The lowest BCUT2D eigenvalue weighted by molar-refractivity contribution is 1.49. The molecule has 2 nitrogen and oxygen atoms in total. The molecule has 0 heterocycles. The normalized spacial score (nSPS) is 17.5. The van der Waals surface area contributed by atoms with Crippen LogP contribution in [0.3, 0.4) is 0 Å². The van der Waals surface area contributed by atoms with Crippen LogP contribution in [0.1, 0.15) is 0 Å². The van der Waals surface area contributed by atoms with Gasteiger partial charge < -0.3 is 0 Å². The van der Waals surface area contributed by atoms with Gasteiger partial charge in [-0.15, -0.1) is 0 Å². The molecule has 0 atom stereocenters. The van der Waals surface area contributed by atoms with E-state index < -0.39 is 0 Å². The zero-order valence-electron chi connectivity index (χ0n) is 4.31. The van der Waals surface area contributed by atoms with E-state index in [1.54, 1.807) is 24.3 Å². The Balaban J connectivity index is 2.89. The van der Waals surface area contributed by atoms with Crippen LogP contribution in [0.4, 0.5) is 0 Å². The van der Waals surface area contributed by atoms with Crippen molar-refractivity contribution in [3.05, 3.63) is 24.3 Å². The highest BCUT2D eigenvalue weighted by atomic mass is 14.5. The van der Waals surface area contributed by atoms with Crippen LogP contribution in [0.2, 0.25) is 0 Å². The quantitative estimate of drug-likeness (QED) is 0.435. The van der Waals surface area contributed by atoms with E-state index in [4.69, 9.17) is 10.8 Å². The average molecular weight is 106 g/mol. The minimum atomic E-state index is 0.285. The minimum absolute atomic E-state index is 0.285. The summed E-state index contributed by atoms with van der Waals surface area (Å²) in [7, 11) is 0. The van der Waals surface area contributed by atoms with E-state index in [0.29, 0.717) is 0 Å². The molecule has 0 radical (unpaired) electrons. The zero-order chi connectivity index (χ0) is 5.98. The molecule has 0 saturated heterocycles. The van der Waals surface area contributed by atoms with Crippen molar-refractivity contribution in [1.82, 2.24) is 0 Å². The summed E-state index contributed by atoms with van der Waals surface area (Å²) in [5.41, 5.74) is 0.569. The molecule has 40 valence electrons. The lowest BCUT2D eigenvalue weighted by Crippen LogP contribution is -2.06. The standard InChI is InChI=1S/C6H6N2/c7-5-3-1-2-4-6(5)8/h1-4,7-8H. The first-order valence-corrected chi connectivity index (χ1v) is 2.33. The highest BCUT2D eigenvalue weighted by Gasteiger charge is 1.97. The van der Waals surface area contributed by atoms with Crippen LogP contribution in [0.25, 0.3) is 0 Å². The molecule has 0 aromatic heterocycles. The maximum atomic E-state index is 7.03. The Labute approximate surface area is 47.5 Å². The number of hydrogen-bond donors (Lipinski definition) is 2. The van der Waals surface area contributed by atoms with Gasteiger partial charge in [-0.2, -0.15) is 0 Å². The first kappa shape index (κ1) is 4.97. The van der Waals surface area contributed by atoms with Crippen molar-refractivity contribution in [3.63, 3.8) is 0 Å². The Bertz CT molecular complexity index is 165. The van der Waals surface area contributed by atoms with Gasteiger partial charge in [-0.1, -0.05) is 12.2 Å². The second-order valence-corrected chi connectivity index (χ2v) is 1.55. The lowest BCUT2D eigenvalue weighted by Gasteiger charge is -1.96. The molecule has 8 heavy (non-hydrogen) atoms. The number of hydrogen-bond acceptors (Lipinski definition) is 2. The van der Waals surface area contributed by atoms with Crippen molar-refractivity contribution in [1.29, 1.82) is 10.8 Å². The third-order valence-corrected chi connectivity index (χ3v) is 0.927. The molecule has 2 N–H and O–H groups in total. The smallest absolute Gasteiger partial charge is 0.0789 e. The van der Waals surface area contributed by atoms with Gasteiger partial charge >= 0.3 is 0 Å². The molecule has 1 aliphatic rings. The van der Waals surface area contributed by atoms with Gasteiger partial charge in [0.25, 0.3) is 0 Å². The van der Waals surface area contributed by atoms with Crippen molar-refractivity contribution in [2.45, 2.75) is 0 Å². The summed E-state index contributed by atoms with van der Waals surface area (Å²) in [4.78, 5) is 0. The van der Waals surface area contributed by atoms with Crippen molar-refractivity contribution in [3.8, 4) is 0 Å². The molecule has 0 saturated carbocycles. The molecular weight excluding hydrogens is 100 g/mol. The Morgan fingerprint density at radius 3 is 1.50 bits per heavy atom. The van der Waals surface area contributed by atoms with Crippen molar-refractivity contribution in [2.75, 3.05) is 0 Å². The first-order chi connectivity index (χ1) is 3.80. The van der Waals surface area contributed by atoms with E-state index in [1.807, 2.05) is 0 Å². The van der Waals surface area contributed by atoms with E-state index in [1.165, 1.54) is 0 Å². The van der Waals surface area contributed by atoms with Gasteiger partial charge in [0.15, 0.2) is 0 Å². The van der Waals surface area contributed by atoms with E-state index in [0.717, 1.165) is 0 Å². The summed E-state index contributed by atoms with van der Waals surface area (Å²) in [6, 6.07) is 0. The summed E-state index contributed by atoms with van der Waals surface area (Å²) in [5, 5.41) is 14.1. The summed E-state index contributed by atoms with van der Waals surface area (Å²) in [6.45, 7) is 0. The molecule has 1 aliphatic carbocycles. The van der Waals surface area contributed by atoms with E-state index in [2.05, 4.69) is 0 Å². The van der Waals surface area contributed by atoms with Crippen molar-refractivity contribution >= 4 is 11.4 Å². The molecule has 0 aromatic carbocycles. The molecular formula is C6H6N2. The fourth-order valence-electron chi connectivity index (χ4n) is 0.483. The molecule has 0 bridgehead atoms. The number of allylic oxidation sites excluding steroid dienone is 4. The van der Waals surface area contributed by atoms with Crippen LogP contribution in [-0.2, 0) is 0 Å². The highest BCUT2D eigenvalue weighted by Crippen LogP contribution is 1.91. The van der Waals surface area contributed by atoms with Gasteiger partial charge in [0.2, 0.25) is 0 Å². The maximum Gasteiger partial charge on any atom is 0.0789 e. The summed E-state index contributed by atoms with van der Waals surface area (Å²) < 4.78 is 0. The Morgan fingerprint density at radius 1 is 0.875 bits per heavy atom. The second kappa shape index (κ2) is 1.74. The molecule has 1 rings (SSSR count). The predicted octanol–water partition coefficient (Wildman–Crippen LogP) is 1.15. The van der Waals surface area contributed by atoms with Crippen LogP contribution < -0.4 is 0 Å². The molecule has 0 amide bonds. The zero-order valence-corrected chi connectivity index (χ0v) is 4.31. The fraction of sp³-hybridized carbons (Fsp3) is 0. The SMILES string of the molecule is N=C1C=CC=CC1=N. The molecule has 0 unspecified atom stereocenters. The molecule has 2 heteroatoms. The van der Waals surface area contributed by atoms with E-state index in [-0.39, 0.29) is 11.4 Å². The Hall–Kier alpha value is -1.18. The molecule has 0 spiro atoms. The average Bonchev–Trinajstić information content (AvgIpc) is 1.77. The minimum Gasteiger partial charge on any atom is -0.299 e. The van der Waals surface area contributed by atoms with Gasteiger partial charge in [-0.05, 0) is 12.2 Å². The third-order valence-electron chi connectivity index (χ3n) is 0.927. The van der Waals surface area contributed by atoms with Gasteiger partial charge in [-0.25, -0.2) is 0 Å². The van der Waals surface area contributed by atoms with E-state index >= 15 is 0 Å². The van der Waals surface area contributed by atoms with E-state index in [9.17, 15) is 0 Å². The van der Waals surface area contributed by atoms with Crippen LogP contribution in [-0.4, -0.2) is 11.4 Å². The largest absolute Gasteiger partial charge is 0.299 e. The van der Waals surface area contributed by atoms with Crippen LogP contribution >= 0.6 is 0 Å². The van der Waals surface area contributed by atoms with Gasteiger partial charge in [-0.3, -0.25) is 10.8 Å². The topological polar surface area (TPSA) is 47.7 Å². The molecule has 0 aromatic rings. The predicted molar refractivity (Wildman–Crippen MR) is 33.7 cm³/mol. The number of rotatable bonds is 0. The Kier molecular flexibility index (Phi) is 1.08. The summed E-state index contributed by atoms with van der Waals surface area (Å²) in [6.07, 6.45) is 6.70. The van der Waals surface area contributed by atoms with Crippen molar-refractivity contribution in [2.24, 2.45) is 0 Å². The lowest BCUT2D eigenvalue weighted by atomic mass is 10.1. The highest BCUT2D eigenvalue weighted by molar-refractivity contribution is 6.48. The monoisotopic (exact) mass is 106 g/mol. The Morgan fingerprint density at radius 2 is 1.25 bits per heavy atom. The second-order valence-electron chi connectivity index (χ2n) is 1.55. The molecule has 0 aliphatic heterocycles.